The number of aromatic nitrogens is 1. The highest BCUT2D eigenvalue weighted by Gasteiger charge is 2.12. The Kier molecular flexibility index (Phi) is 6.13. The van der Waals surface area contributed by atoms with Crippen molar-refractivity contribution < 1.29 is 14.3 Å². The number of carbonyl (C=O) groups excluding carboxylic acids is 2. The lowest BCUT2D eigenvalue weighted by Crippen LogP contribution is -2.22. The lowest BCUT2D eigenvalue weighted by molar-refractivity contribution is -0.141. The smallest absolute Gasteiger partial charge is 0.325 e. The van der Waals surface area contributed by atoms with Gasteiger partial charge in [0.05, 0.1) is 23.7 Å². The van der Waals surface area contributed by atoms with Crippen molar-refractivity contribution in [2.45, 2.75) is 24.8 Å². The minimum atomic E-state index is -0.378. The van der Waals surface area contributed by atoms with Gasteiger partial charge in [-0.2, -0.15) is 4.99 Å². The zero-order chi connectivity index (χ0) is 19.4. The molecule has 0 aliphatic rings. The molecule has 0 radical (unpaired) electrons. The third kappa shape index (κ3) is 4.67. The van der Waals surface area contributed by atoms with Gasteiger partial charge in [0, 0.05) is 4.90 Å². The molecule has 1 aromatic heterocycles. The van der Waals surface area contributed by atoms with Gasteiger partial charge in [-0.25, -0.2) is 0 Å². The van der Waals surface area contributed by atoms with E-state index in [0.717, 1.165) is 26.2 Å². The number of amides is 1. The van der Waals surface area contributed by atoms with Crippen LogP contribution >= 0.6 is 23.1 Å². The van der Waals surface area contributed by atoms with E-state index in [1.165, 1.54) is 18.4 Å². The first-order chi connectivity index (χ1) is 13.0. The molecule has 3 aromatic rings. The maximum absolute atomic E-state index is 12.5. The Morgan fingerprint density at radius 2 is 1.93 bits per heavy atom. The number of benzene rings is 2. The summed E-state index contributed by atoms with van der Waals surface area (Å²) in [7, 11) is 1.35. The number of esters is 1. The summed E-state index contributed by atoms with van der Waals surface area (Å²) in [6, 6.07) is 13.8. The number of ether oxygens (including phenoxy) is 1. The molecule has 0 atom stereocenters. The zero-order valence-electron chi connectivity index (χ0n) is 15.4. The fraction of sp³-hybridized carbons (Fsp3) is 0.250. The van der Waals surface area contributed by atoms with E-state index in [1.54, 1.807) is 16.3 Å². The minimum Gasteiger partial charge on any atom is -0.468 e. The molecule has 0 spiro atoms. The number of thiazole rings is 1. The first-order valence-electron chi connectivity index (χ1n) is 8.37. The summed E-state index contributed by atoms with van der Waals surface area (Å²) < 4.78 is 7.51. The second-order valence-corrected chi connectivity index (χ2v) is 7.94. The van der Waals surface area contributed by atoms with E-state index in [4.69, 9.17) is 4.74 Å². The molecule has 0 fully saturated rings. The number of hydrogen-bond donors (Lipinski definition) is 0. The van der Waals surface area contributed by atoms with Crippen molar-refractivity contribution in [3.8, 4) is 0 Å². The van der Waals surface area contributed by atoms with Gasteiger partial charge in [0.25, 0.3) is 5.91 Å². The minimum absolute atomic E-state index is 0.0219. The Bertz CT molecular complexity index is 1050. The molecule has 0 saturated heterocycles. The van der Waals surface area contributed by atoms with E-state index < -0.39 is 0 Å². The van der Waals surface area contributed by atoms with Crippen molar-refractivity contribution >= 4 is 45.2 Å². The molecule has 0 aliphatic heterocycles. The fourth-order valence-corrected chi connectivity index (χ4v) is 4.23. The summed E-state index contributed by atoms with van der Waals surface area (Å²) in [6.45, 7) is 2.03. The Labute approximate surface area is 165 Å². The molecule has 0 aliphatic carbocycles. The summed E-state index contributed by atoms with van der Waals surface area (Å²) in [5, 5.41) is 0. The largest absolute Gasteiger partial charge is 0.468 e. The third-order valence-corrected chi connectivity index (χ3v) is 5.87. The average molecular weight is 401 g/mol. The van der Waals surface area contributed by atoms with Gasteiger partial charge >= 0.3 is 5.97 Å². The molecule has 0 saturated carbocycles. The predicted octanol–water partition coefficient (Wildman–Crippen LogP) is 3.58. The van der Waals surface area contributed by atoms with Gasteiger partial charge in [0.1, 0.15) is 6.54 Å². The molecule has 1 amide bonds. The Hall–Kier alpha value is -2.38. The number of fused-ring (bicyclic) bond motifs is 1. The van der Waals surface area contributed by atoms with Crippen molar-refractivity contribution in [3.63, 3.8) is 0 Å². The number of aryl methyl sites for hydroxylation is 1. The fourth-order valence-electron chi connectivity index (χ4n) is 2.68. The number of carbonyl (C=O) groups is 2. The van der Waals surface area contributed by atoms with Crippen molar-refractivity contribution in [1.82, 2.24) is 4.57 Å². The molecule has 7 heteroatoms. The van der Waals surface area contributed by atoms with Gasteiger partial charge in [0.2, 0.25) is 0 Å². The van der Waals surface area contributed by atoms with Crippen LogP contribution in [0.15, 0.2) is 52.4 Å². The zero-order valence-corrected chi connectivity index (χ0v) is 17.0. The van der Waals surface area contributed by atoms with Crippen LogP contribution in [0.4, 0.5) is 0 Å². The standard InChI is InChI=1S/C20H20N2O3S2/c1-13-4-9-16-17(10-13)27-20(22(16)12-19(24)25-2)21-18(23)11-14-5-7-15(26-3)8-6-14/h4-10H,11-12H2,1-3H3. The Balaban J connectivity index is 1.96. The van der Waals surface area contributed by atoms with Crippen LogP contribution < -0.4 is 4.80 Å². The van der Waals surface area contributed by atoms with Crippen molar-refractivity contribution in [2.24, 2.45) is 4.99 Å². The van der Waals surface area contributed by atoms with Crippen molar-refractivity contribution in [3.05, 3.63) is 58.4 Å². The molecule has 140 valence electrons. The van der Waals surface area contributed by atoms with Gasteiger partial charge in [0.15, 0.2) is 4.80 Å². The van der Waals surface area contributed by atoms with Gasteiger partial charge in [-0.3, -0.25) is 9.59 Å². The molecule has 5 nitrogen and oxygen atoms in total. The number of rotatable bonds is 5. The number of nitrogens with zero attached hydrogens (tertiary/aromatic N) is 2. The highest BCUT2D eigenvalue weighted by atomic mass is 32.2. The van der Waals surface area contributed by atoms with E-state index in [9.17, 15) is 9.59 Å². The molecule has 0 unspecified atom stereocenters. The van der Waals surface area contributed by atoms with E-state index in [2.05, 4.69) is 4.99 Å². The quantitative estimate of drug-likeness (QED) is 0.485. The van der Waals surface area contributed by atoms with E-state index in [0.29, 0.717) is 4.80 Å². The van der Waals surface area contributed by atoms with E-state index in [-0.39, 0.29) is 24.8 Å². The number of thioether (sulfide) groups is 1. The van der Waals surface area contributed by atoms with Gasteiger partial charge in [-0.05, 0) is 48.6 Å². The van der Waals surface area contributed by atoms with E-state index in [1.807, 2.05) is 55.6 Å². The van der Waals surface area contributed by atoms with Crippen LogP contribution in [-0.2, 0) is 27.3 Å². The predicted molar refractivity (Wildman–Crippen MR) is 109 cm³/mol. The van der Waals surface area contributed by atoms with Gasteiger partial charge in [-0.15, -0.1) is 11.8 Å². The average Bonchev–Trinajstić information content (AvgIpc) is 2.98. The second-order valence-electron chi connectivity index (χ2n) is 6.05. The van der Waals surface area contributed by atoms with Crippen LogP contribution in [0.2, 0.25) is 0 Å². The topological polar surface area (TPSA) is 60.7 Å². The highest BCUT2D eigenvalue weighted by Crippen LogP contribution is 2.19. The SMILES string of the molecule is COC(=O)Cn1c(=NC(=O)Cc2ccc(SC)cc2)sc2cc(C)ccc21. The van der Waals surface area contributed by atoms with Crippen molar-refractivity contribution in [2.75, 3.05) is 13.4 Å². The molecule has 1 heterocycles. The molecule has 0 bridgehead atoms. The molecule has 0 N–H and O–H groups in total. The summed E-state index contributed by atoms with van der Waals surface area (Å²) in [5.74, 6) is -0.620. The Morgan fingerprint density at radius 1 is 1.19 bits per heavy atom. The summed E-state index contributed by atoms with van der Waals surface area (Å²) >= 11 is 3.06. The molecule has 2 aromatic carbocycles. The molecular formula is C20H20N2O3S2. The highest BCUT2D eigenvalue weighted by molar-refractivity contribution is 7.98. The van der Waals surface area contributed by atoms with Gasteiger partial charge in [-0.1, -0.05) is 29.5 Å². The summed E-state index contributed by atoms with van der Waals surface area (Å²) in [6.07, 6.45) is 2.24. The number of hydrogen-bond acceptors (Lipinski definition) is 5. The first-order valence-corrected chi connectivity index (χ1v) is 10.4. The summed E-state index contributed by atoms with van der Waals surface area (Å²) in [5.41, 5.74) is 2.89. The normalized spacial score (nSPS) is 11.7. The van der Waals surface area contributed by atoms with Gasteiger partial charge < -0.3 is 9.30 Å². The number of methoxy groups -OCH3 is 1. The maximum Gasteiger partial charge on any atom is 0.325 e. The maximum atomic E-state index is 12.5. The molecule has 3 rings (SSSR count). The van der Waals surface area contributed by atoms with Crippen molar-refractivity contribution in [1.29, 1.82) is 0 Å². The van der Waals surface area contributed by atoms with Crippen LogP contribution in [0, 0.1) is 6.92 Å². The van der Waals surface area contributed by atoms with Crippen LogP contribution in [0.25, 0.3) is 10.2 Å². The lowest BCUT2D eigenvalue weighted by atomic mass is 10.1. The molecule has 27 heavy (non-hydrogen) atoms. The second kappa shape index (κ2) is 8.54. The monoisotopic (exact) mass is 400 g/mol. The Morgan fingerprint density at radius 3 is 2.59 bits per heavy atom. The first kappa shape index (κ1) is 19.4. The van der Waals surface area contributed by atoms with E-state index >= 15 is 0 Å². The third-order valence-electron chi connectivity index (χ3n) is 4.09. The summed E-state index contributed by atoms with van der Waals surface area (Å²) in [4.78, 5) is 30.2. The van der Waals surface area contributed by atoms with Crippen LogP contribution in [0.3, 0.4) is 0 Å². The van der Waals surface area contributed by atoms with Crippen LogP contribution in [-0.4, -0.2) is 29.8 Å². The molecular weight excluding hydrogens is 380 g/mol. The van der Waals surface area contributed by atoms with Crippen LogP contribution in [0.1, 0.15) is 11.1 Å². The lowest BCUT2D eigenvalue weighted by Gasteiger charge is -2.04. The van der Waals surface area contributed by atoms with Crippen LogP contribution in [0.5, 0.6) is 0 Å².